The lowest BCUT2D eigenvalue weighted by Crippen LogP contribution is -2.42. The molecule has 1 amide bonds. The van der Waals surface area contributed by atoms with Crippen molar-refractivity contribution in [2.24, 2.45) is 17.8 Å². The average Bonchev–Trinajstić information content (AvgIpc) is 3.13. The predicted molar refractivity (Wildman–Crippen MR) is 86.4 cm³/mol. The van der Waals surface area contributed by atoms with Crippen molar-refractivity contribution in [1.82, 2.24) is 15.1 Å². The molecule has 4 aliphatic rings. The van der Waals surface area contributed by atoms with E-state index in [1.165, 1.54) is 25.7 Å². The number of aromatic nitrogens is 2. The molecule has 23 heavy (non-hydrogen) atoms. The Labute approximate surface area is 135 Å². The summed E-state index contributed by atoms with van der Waals surface area (Å²) in [6, 6.07) is 6.16. The van der Waals surface area contributed by atoms with Crippen molar-refractivity contribution in [3.8, 4) is 5.75 Å². The van der Waals surface area contributed by atoms with E-state index < -0.39 is 0 Å². The minimum Gasteiger partial charge on any atom is -0.497 e. The van der Waals surface area contributed by atoms with Gasteiger partial charge in [0.05, 0.1) is 12.6 Å². The summed E-state index contributed by atoms with van der Waals surface area (Å²) in [6.45, 7) is 0.926. The molecule has 4 atom stereocenters. The molecule has 5 nitrogen and oxygen atoms in total. The first kappa shape index (κ1) is 13.4. The fourth-order valence-corrected chi connectivity index (χ4v) is 5.24. The summed E-state index contributed by atoms with van der Waals surface area (Å²) in [5.41, 5.74) is 1.42. The zero-order valence-electron chi connectivity index (χ0n) is 13.3. The van der Waals surface area contributed by atoms with Crippen molar-refractivity contribution in [1.29, 1.82) is 0 Å². The monoisotopic (exact) mass is 311 g/mol. The Morgan fingerprint density at radius 1 is 1.35 bits per heavy atom. The van der Waals surface area contributed by atoms with E-state index in [4.69, 9.17) is 4.74 Å². The molecule has 6 rings (SSSR count). The Morgan fingerprint density at radius 3 is 3.04 bits per heavy atom. The van der Waals surface area contributed by atoms with Crippen LogP contribution in [0.25, 0.3) is 10.9 Å². The molecule has 5 heteroatoms. The smallest absolute Gasteiger partial charge is 0.275 e. The number of nitrogens with zero attached hydrogens (tertiary/aromatic N) is 2. The molecule has 3 aliphatic carbocycles. The summed E-state index contributed by atoms with van der Waals surface area (Å²) < 4.78 is 5.24. The lowest BCUT2D eigenvalue weighted by Gasteiger charge is -2.42. The normalized spacial score (nSPS) is 31.8. The quantitative estimate of drug-likeness (QED) is 0.928. The average molecular weight is 311 g/mol. The third-order valence-electron chi connectivity index (χ3n) is 6.28. The Hall–Kier alpha value is -2.04. The molecule has 1 saturated heterocycles. The van der Waals surface area contributed by atoms with Crippen LogP contribution in [0.2, 0.25) is 0 Å². The molecule has 0 radical (unpaired) electrons. The SMILES string of the molecule is COc1ccc2c(C(=O)N3C[C@@H]4C[C@H]5CCC4[C@@H]3C5)n[nH]c2c1. The fraction of sp³-hybridized carbons (Fsp3) is 0.556. The van der Waals surface area contributed by atoms with Crippen LogP contribution >= 0.6 is 0 Å². The van der Waals surface area contributed by atoms with Gasteiger partial charge in [-0.1, -0.05) is 6.42 Å². The molecule has 1 aliphatic heterocycles. The molecule has 2 heterocycles. The summed E-state index contributed by atoms with van der Waals surface area (Å²) in [4.78, 5) is 15.2. The summed E-state index contributed by atoms with van der Waals surface area (Å²) in [5, 5.41) is 8.19. The third kappa shape index (κ3) is 1.85. The Bertz CT molecular complexity index is 784. The molecule has 1 aromatic heterocycles. The summed E-state index contributed by atoms with van der Waals surface area (Å²) in [5.74, 6) is 3.17. The van der Waals surface area contributed by atoms with Crippen LogP contribution in [0.3, 0.4) is 0 Å². The number of methoxy groups -OCH3 is 1. The molecule has 3 saturated carbocycles. The van der Waals surface area contributed by atoms with Crippen LogP contribution in [0.5, 0.6) is 5.75 Å². The largest absolute Gasteiger partial charge is 0.497 e. The van der Waals surface area contributed by atoms with Crippen molar-refractivity contribution in [3.05, 3.63) is 23.9 Å². The number of ether oxygens (including phenoxy) is 1. The highest BCUT2D eigenvalue weighted by Crippen LogP contribution is 2.51. The van der Waals surface area contributed by atoms with Crippen molar-refractivity contribution in [2.45, 2.75) is 31.7 Å². The highest BCUT2D eigenvalue weighted by molar-refractivity contribution is 6.05. The van der Waals surface area contributed by atoms with Crippen LogP contribution in [0.4, 0.5) is 0 Å². The standard InChI is InChI=1S/C18H21N3O2/c1-23-12-3-5-14-15(8-12)19-20-17(14)18(22)21-9-11-6-10-2-4-13(11)16(21)7-10/h3,5,8,10-11,13,16H,2,4,6-7,9H2,1H3,(H,19,20)/t10-,11+,13?,16+/m1/s1. The van der Waals surface area contributed by atoms with E-state index >= 15 is 0 Å². The van der Waals surface area contributed by atoms with Crippen molar-refractivity contribution in [3.63, 3.8) is 0 Å². The fourth-order valence-electron chi connectivity index (χ4n) is 5.24. The second kappa shape index (κ2) is 4.73. The number of hydrogen-bond donors (Lipinski definition) is 1. The predicted octanol–water partition coefficient (Wildman–Crippen LogP) is 2.83. The zero-order chi connectivity index (χ0) is 15.6. The summed E-state index contributed by atoms with van der Waals surface area (Å²) >= 11 is 0. The highest BCUT2D eigenvalue weighted by Gasteiger charge is 2.51. The van der Waals surface area contributed by atoms with E-state index in [0.29, 0.717) is 11.7 Å². The van der Waals surface area contributed by atoms with Crippen molar-refractivity contribution in [2.75, 3.05) is 13.7 Å². The van der Waals surface area contributed by atoms with Gasteiger partial charge < -0.3 is 9.64 Å². The maximum Gasteiger partial charge on any atom is 0.275 e. The van der Waals surface area contributed by atoms with Crippen LogP contribution < -0.4 is 4.74 Å². The van der Waals surface area contributed by atoms with Crippen LogP contribution in [-0.4, -0.2) is 40.7 Å². The number of H-pyrrole nitrogens is 1. The van der Waals surface area contributed by atoms with Gasteiger partial charge in [-0.25, -0.2) is 0 Å². The van der Waals surface area contributed by atoms with Gasteiger partial charge in [-0.2, -0.15) is 5.10 Å². The van der Waals surface area contributed by atoms with Gasteiger partial charge in [0.2, 0.25) is 0 Å². The minimum atomic E-state index is 0.0986. The minimum absolute atomic E-state index is 0.0986. The number of carbonyl (C=O) groups excluding carboxylic acids is 1. The molecule has 1 N–H and O–H groups in total. The number of benzene rings is 1. The van der Waals surface area contributed by atoms with Gasteiger partial charge >= 0.3 is 0 Å². The number of nitrogens with one attached hydrogen (secondary N) is 1. The van der Waals surface area contributed by atoms with Crippen LogP contribution in [-0.2, 0) is 0 Å². The van der Waals surface area contributed by atoms with Gasteiger partial charge in [0.25, 0.3) is 5.91 Å². The second-order valence-corrected chi connectivity index (χ2v) is 7.35. The number of amides is 1. The summed E-state index contributed by atoms with van der Waals surface area (Å²) in [7, 11) is 1.64. The van der Waals surface area contributed by atoms with Crippen LogP contribution in [0.15, 0.2) is 18.2 Å². The number of likely N-dealkylation sites (tertiary alicyclic amines) is 1. The second-order valence-electron chi connectivity index (χ2n) is 7.35. The first-order chi connectivity index (χ1) is 11.2. The lowest BCUT2D eigenvalue weighted by atomic mass is 9.65. The third-order valence-corrected chi connectivity index (χ3v) is 6.28. The first-order valence-electron chi connectivity index (χ1n) is 8.57. The van der Waals surface area contributed by atoms with Gasteiger partial charge in [0.15, 0.2) is 5.69 Å². The first-order valence-corrected chi connectivity index (χ1v) is 8.57. The number of hydrogen-bond acceptors (Lipinski definition) is 3. The van der Waals surface area contributed by atoms with E-state index in [1.54, 1.807) is 7.11 Å². The van der Waals surface area contributed by atoms with Gasteiger partial charge in [0.1, 0.15) is 5.75 Å². The van der Waals surface area contributed by atoms with Gasteiger partial charge in [0, 0.05) is 24.0 Å². The molecule has 120 valence electrons. The number of fused-ring (bicyclic) bond motifs is 2. The number of rotatable bonds is 2. The molecule has 4 bridgehead atoms. The van der Waals surface area contributed by atoms with Crippen molar-refractivity contribution >= 4 is 16.8 Å². The van der Waals surface area contributed by atoms with E-state index in [0.717, 1.165) is 41.0 Å². The molecule has 0 spiro atoms. The van der Waals surface area contributed by atoms with E-state index in [9.17, 15) is 4.79 Å². The Morgan fingerprint density at radius 2 is 2.26 bits per heavy atom. The van der Waals surface area contributed by atoms with E-state index in [2.05, 4.69) is 15.1 Å². The van der Waals surface area contributed by atoms with E-state index in [1.807, 2.05) is 18.2 Å². The van der Waals surface area contributed by atoms with Gasteiger partial charge in [-0.15, -0.1) is 0 Å². The molecular formula is C18H21N3O2. The molecule has 4 fully saturated rings. The Balaban J connectivity index is 1.49. The number of carbonyl (C=O) groups is 1. The van der Waals surface area contributed by atoms with Crippen molar-refractivity contribution < 1.29 is 9.53 Å². The van der Waals surface area contributed by atoms with Gasteiger partial charge in [-0.3, -0.25) is 9.89 Å². The Kier molecular flexibility index (Phi) is 2.75. The molecule has 2 aromatic rings. The summed E-state index contributed by atoms with van der Waals surface area (Å²) in [6.07, 6.45) is 5.19. The van der Waals surface area contributed by atoms with Crippen LogP contribution in [0.1, 0.15) is 36.2 Å². The maximum atomic E-state index is 13.1. The topological polar surface area (TPSA) is 58.2 Å². The number of aromatic amines is 1. The highest BCUT2D eigenvalue weighted by atomic mass is 16.5. The van der Waals surface area contributed by atoms with Gasteiger partial charge in [-0.05, 0) is 49.1 Å². The molecule has 1 aromatic carbocycles. The maximum absolute atomic E-state index is 13.1. The van der Waals surface area contributed by atoms with E-state index in [-0.39, 0.29) is 5.91 Å². The molecule has 1 unspecified atom stereocenters. The lowest BCUT2D eigenvalue weighted by molar-refractivity contribution is 0.0606. The zero-order valence-corrected chi connectivity index (χ0v) is 13.3. The van der Waals surface area contributed by atoms with Crippen LogP contribution in [0, 0.1) is 17.8 Å². The molecular weight excluding hydrogens is 290 g/mol.